The van der Waals surface area contributed by atoms with Crippen LogP contribution >= 0.6 is 0 Å². The summed E-state index contributed by atoms with van der Waals surface area (Å²) in [7, 11) is 0. The first kappa shape index (κ1) is 10.5. The third-order valence-corrected chi connectivity index (χ3v) is 1.91. The van der Waals surface area contributed by atoms with E-state index in [9.17, 15) is 13.2 Å². The second-order valence-corrected chi connectivity index (χ2v) is 3.06. The van der Waals surface area contributed by atoms with Gasteiger partial charge in [-0.15, -0.1) is 0 Å². The smallest absolute Gasteiger partial charge is 0.396 e. The molecule has 0 aliphatic heterocycles. The van der Waals surface area contributed by atoms with Gasteiger partial charge in [0.2, 0.25) is 0 Å². The average Bonchev–Trinajstić information content (AvgIpc) is 2.66. The van der Waals surface area contributed by atoms with Gasteiger partial charge < -0.3 is 5.73 Å². The largest absolute Gasteiger partial charge is 0.435 e. The van der Waals surface area contributed by atoms with Crippen LogP contribution in [-0.2, 0) is 6.18 Å². The topological polar surface area (TPSA) is 56.7 Å². The molecule has 0 spiro atoms. The normalized spacial score (nSPS) is 11.7. The van der Waals surface area contributed by atoms with Crippen LogP contribution < -0.4 is 5.73 Å². The zero-order chi connectivity index (χ0) is 11.8. The second-order valence-electron chi connectivity index (χ2n) is 3.06. The van der Waals surface area contributed by atoms with Crippen LogP contribution in [0.2, 0.25) is 0 Å². The molecule has 0 fully saturated rings. The minimum Gasteiger partial charge on any atom is -0.396 e. The maximum Gasteiger partial charge on any atom is 0.435 e. The molecule has 2 rings (SSSR count). The lowest BCUT2D eigenvalue weighted by Gasteiger charge is -2.04. The number of alkyl halides is 3. The number of hydrogen-bond donors (Lipinski definition) is 1. The summed E-state index contributed by atoms with van der Waals surface area (Å²) in [5, 5.41) is 3.36. The molecule has 0 saturated carbocycles. The standard InChI is InChI=1S/C9H7F3N4/c10-9(11,12)7-3-5-16(15-7)8-6(13)2-1-4-14-8/h1-5H,13H2. The number of nitrogens with two attached hydrogens (primary N) is 1. The van der Waals surface area contributed by atoms with Crippen molar-refractivity contribution in [3.63, 3.8) is 0 Å². The Hall–Kier alpha value is -2.05. The van der Waals surface area contributed by atoms with E-state index in [1.165, 1.54) is 18.5 Å². The lowest BCUT2D eigenvalue weighted by molar-refractivity contribution is -0.141. The van der Waals surface area contributed by atoms with Crippen molar-refractivity contribution in [3.05, 3.63) is 36.3 Å². The molecule has 7 heteroatoms. The molecule has 2 N–H and O–H groups in total. The van der Waals surface area contributed by atoms with Crippen LogP contribution in [0.5, 0.6) is 0 Å². The molecule has 0 saturated heterocycles. The second kappa shape index (κ2) is 3.51. The molecule has 0 aliphatic carbocycles. The fourth-order valence-corrected chi connectivity index (χ4v) is 1.19. The van der Waals surface area contributed by atoms with E-state index in [-0.39, 0.29) is 11.5 Å². The predicted octanol–water partition coefficient (Wildman–Crippen LogP) is 1.87. The van der Waals surface area contributed by atoms with Crippen molar-refractivity contribution < 1.29 is 13.2 Å². The van der Waals surface area contributed by atoms with Gasteiger partial charge in [-0.25, -0.2) is 9.67 Å². The van der Waals surface area contributed by atoms with Gasteiger partial charge in [-0.1, -0.05) is 0 Å². The predicted molar refractivity (Wildman–Crippen MR) is 50.8 cm³/mol. The summed E-state index contributed by atoms with van der Waals surface area (Å²) in [5.74, 6) is 0.179. The number of nitrogens with zero attached hydrogens (tertiary/aromatic N) is 3. The van der Waals surface area contributed by atoms with Crippen LogP contribution in [-0.4, -0.2) is 14.8 Å². The van der Waals surface area contributed by atoms with E-state index in [0.29, 0.717) is 0 Å². The van der Waals surface area contributed by atoms with Gasteiger partial charge >= 0.3 is 6.18 Å². The molecule has 2 aromatic rings. The Morgan fingerprint density at radius 1 is 1.25 bits per heavy atom. The van der Waals surface area contributed by atoms with Gasteiger partial charge in [0.1, 0.15) is 0 Å². The number of aromatic nitrogens is 3. The van der Waals surface area contributed by atoms with Crippen LogP contribution in [0.4, 0.5) is 18.9 Å². The summed E-state index contributed by atoms with van der Waals surface area (Å²) < 4.78 is 37.9. The maximum absolute atomic E-state index is 12.3. The maximum atomic E-state index is 12.3. The molecule has 2 heterocycles. The third-order valence-electron chi connectivity index (χ3n) is 1.91. The minimum atomic E-state index is -4.46. The highest BCUT2D eigenvalue weighted by Gasteiger charge is 2.33. The molecule has 2 aromatic heterocycles. The Kier molecular flexibility index (Phi) is 2.30. The molecular weight excluding hydrogens is 221 g/mol. The molecule has 0 bridgehead atoms. The Bertz CT molecular complexity index is 503. The van der Waals surface area contributed by atoms with E-state index >= 15 is 0 Å². The first-order chi connectivity index (χ1) is 7.48. The summed E-state index contributed by atoms with van der Waals surface area (Å²) in [6.07, 6.45) is -1.86. The van der Waals surface area contributed by atoms with Crippen molar-refractivity contribution in [1.29, 1.82) is 0 Å². The van der Waals surface area contributed by atoms with E-state index in [1.807, 2.05) is 0 Å². The van der Waals surface area contributed by atoms with E-state index in [1.54, 1.807) is 6.07 Å². The first-order valence-electron chi connectivity index (χ1n) is 4.32. The molecule has 16 heavy (non-hydrogen) atoms. The summed E-state index contributed by atoms with van der Waals surface area (Å²) in [6.45, 7) is 0. The number of hydrogen-bond acceptors (Lipinski definition) is 3. The van der Waals surface area contributed by atoms with E-state index in [2.05, 4.69) is 10.1 Å². The number of rotatable bonds is 1. The minimum absolute atomic E-state index is 0.179. The summed E-state index contributed by atoms with van der Waals surface area (Å²) >= 11 is 0. The Balaban J connectivity index is 2.44. The van der Waals surface area contributed by atoms with Gasteiger partial charge in [-0.2, -0.15) is 18.3 Å². The monoisotopic (exact) mass is 228 g/mol. The van der Waals surface area contributed by atoms with Crippen LogP contribution in [0.25, 0.3) is 5.82 Å². The van der Waals surface area contributed by atoms with E-state index in [4.69, 9.17) is 5.73 Å². The molecule has 4 nitrogen and oxygen atoms in total. The zero-order valence-corrected chi connectivity index (χ0v) is 7.94. The molecule has 0 radical (unpaired) electrons. The van der Waals surface area contributed by atoms with Crippen molar-refractivity contribution in [3.8, 4) is 5.82 Å². The van der Waals surface area contributed by atoms with Crippen molar-refractivity contribution in [1.82, 2.24) is 14.8 Å². The van der Waals surface area contributed by atoms with Crippen molar-refractivity contribution >= 4 is 5.69 Å². The molecular formula is C9H7F3N4. The summed E-state index contributed by atoms with van der Waals surface area (Å²) in [6, 6.07) is 4.00. The SMILES string of the molecule is Nc1cccnc1-n1ccc(C(F)(F)F)n1. The molecule has 0 aliphatic rings. The third kappa shape index (κ3) is 1.83. The average molecular weight is 228 g/mol. The summed E-state index contributed by atoms with van der Waals surface area (Å²) in [5.41, 5.74) is 4.86. The van der Waals surface area contributed by atoms with Crippen molar-refractivity contribution in [2.45, 2.75) is 6.18 Å². The highest BCUT2D eigenvalue weighted by atomic mass is 19.4. The number of halogens is 3. The molecule has 0 unspecified atom stereocenters. The fraction of sp³-hybridized carbons (Fsp3) is 0.111. The lowest BCUT2D eigenvalue weighted by Crippen LogP contribution is -2.08. The summed E-state index contributed by atoms with van der Waals surface area (Å²) in [4.78, 5) is 3.85. The number of nitrogen functional groups attached to an aromatic ring is 1. The highest BCUT2D eigenvalue weighted by molar-refractivity contribution is 5.51. The van der Waals surface area contributed by atoms with Crippen LogP contribution in [0.3, 0.4) is 0 Å². The van der Waals surface area contributed by atoms with E-state index in [0.717, 1.165) is 10.7 Å². The van der Waals surface area contributed by atoms with Gasteiger partial charge in [0.25, 0.3) is 0 Å². The van der Waals surface area contributed by atoms with Gasteiger partial charge in [0.05, 0.1) is 5.69 Å². The van der Waals surface area contributed by atoms with Crippen LogP contribution in [0, 0.1) is 0 Å². The fourth-order valence-electron chi connectivity index (χ4n) is 1.19. The van der Waals surface area contributed by atoms with Crippen molar-refractivity contribution in [2.75, 3.05) is 5.73 Å². The van der Waals surface area contributed by atoms with Gasteiger partial charge in [-0.3, -0.25) is 0 Å². The van der Waals surface area contributed by atoms with Crippen LogP contribution in [0.15, 0.2) is 30.6 Å². The van der Waals surface area contributed by atoms with Gasteiger partial charge in [0, 0.05) is 12.4 Å². The van der Waals surface area contributed by atoms with Gasteiger partial charge in [0.15, 0.2) is 11.5 Å². The zero-order valence-electron chi connectivity index (χ0n) is 7.94. The molecule has 0 aromatic carbocycles. The Morgan fingerprint density at radius 2 is 2.00 bits per heavy atom. The Morgan fingerprint density at radius 3 is 2.56 bits per heavy atom. The van der Waals surface area contributed by atoms with Crippen molar-refractivity contribution in [2.24, 2.45) is 0 Å². The number of pyridine rings is 1. The molecule has 84 valence electrons. The van der Waals surface area contributed by atoms with Crippen LogP contribution in [0.1, 0.15) is 5.69 Å². The Labute approximate surface area is 88.5 Å². The molecule has 0 amide bonds. The first-order valence-corrected chi connectivity index (χ1v) is 4.32. The number of anilines is 1. The highest BCUT2D eigenvalue weighted by Crippen LogP contribution is 2.28. The van der Waals surface area contributed by atoms with Gasteiger partial charge in [-0.05, 0) is 18.2 Å². The lowest BCUT2D eigenvalue weighted by atomic mass is 10.4. The quantitative estimate of drug-likeness (QED) is 0.810. The molecule has 0 atom stereocenters. The van der Waals surface area contributed by atoms with E-state index < -0.39 is 11.9 Å².